The van der Waals surface area contributed by atoms with Gasteiger partial charge in [-0.2, -0.15) is 18.2 Å². The van der Waals surface area contributed by atoms with Crippen LogP contribution < -0.4 is 5.32 Å². The number of carbonyl (C=O) groups excluding carboxylic acids is 1. The van der Waals surface area contributed by atoms with Crippen molar-refractivity contribution in [2.45, 2.75) is 31.0 Å². The van der Waals surface area contributed by atoms with Crippen LogP contribution in [0.5, 0.6) is 0 Å². The maximum atomic E-state index is 13.9. The Labute approximate surface area is 176 Å². The van der Waals surface area contributed by atoms with Gasteiger partial charge in [-0.3, -0.25) is 4.79 Å². The van der Waals surface area contributed by atoms with Crippen LogP contribution in [0.15, 0.2) is 47.0 Å². The number of halogens is 5. The standard InChI is InChI=1S/C20H13F5N4OS/c21-11-4-10(5-12(22)8-11)17-16-13(6-9(7-14(16)30)15-2-1-3-31-15)26-19-27-18(20(23,24)25)28-29(17)19/h1-5,8-9,17H,6-7H2,(H,26,27,28)/t9-,17-/m0/s1. The van der Waals surface area contributed by atoms with Crippen molar-refractivity contribution in [1.82, 2.24) is 14.8 Å². The highest BCUT2D eigenvalue weighted by Crippen LogP contribution is 2.45. The molecule has 0 bridgehead atoms. The Morgan fingerprint density at radius 3 is 2.52 bits per heavy atom. The first-order chi connectivity index (χ1) is 14.7. The quantitative estimate of drug-likeness (QED) is 0.553. The molecule has 31 heavy (non-hydrogen) atoms. The second-order valence-electron chi connectivity index (χ2n) is 7.37. The summed E-state index contributed by atoms with van der Waals surface area (Å²) in [6.45, 7) is 0. The lowest BCUT2D eigenvalue weighted by molar-refractivity contribution is -0.145. The molecule has 2 atom stereocenters. The smallest absolute Gasteiger partial charge is 0.328 e. The topological polar surface area (TPSA) is 59.8 Å². The molecule has 0 unspecified atom stereocenters. The normalized spacial score (nSPS) is 21.0. The number of fused-ring (bicyclic) bond motifs is 1. The molecule has 0 spiro atoms. The van der Waals surface area contributed by atoms with Crippen molar-refractivity contribution in [3.05, 3.63) is 74.9 Å². The summed E-state index contributed by atoms with van der Waals surface area (Å²) in [5, 5.41) is 8.21. The van der Waals surface area contributed by atoms with E-state index >= 15 is 0 Å². The van der Waals surface area contributed by atoms with E-state index in [1.165, 1.54) is 11.3 Å². The van der Waals surface area contributed by atoms with E-state index in [1.54, 1.807) is 0 Å². The molecule has 0 saturated heterocycles. The molecule has 160 valence electrons. The number of rotatable bonds is 2. The second-order valence-corrected chi connectivity index (χ2v) is 8.35. The van der Waals surface area contributed by atoms with Gasteiger partial charge >= 0.3 is 6.18 Å². The predicted octanol–water partition coefficient (Wildman–Crippen LogP) is 5.05. The minimum atomic E-state index is -4.83. The Bertz CT molecular complexity index is 1190. The van der Waals surface area contributed by atoms with Gasteiger partial charge in [0.05, 0.1) is 0 Å². The van der Waals surface area contributed by atoms with Crippen molar-refractivity contribution < 1.29 is 26.7 Å². The zero-order chi connectivity index (χ0) is 21.9. The van der Waals surface area contributed by atoms with Gasteiger partial charge in [0.2, 0.25) is 5.95 Å². The van der Waals surface area contributed by atoms with E-state index in [9.17, 15) is 26.7 Å². The van der Waals surface area contributed by atoms with Gasteiger partial charge in [0.15, 0.2) is 5.78 Å². The van der Waals surface area contributed by atoms with Gasteiger partial charge in [0.25, 0.3) is 5.82 Å². The van der Waals surface area contributed by atoms with Gasteiger partial charge < -0.3 is 5.32 Å². The number of hydrogen-bond acceptors (Lipinski definition) is 5. The monoisotopic (exact) mass is 452 g/mol. The Morgan fingerprint density at radius 2 is 1.87 bits per heavy atom. The lowest BCUT2D eigenvalue weighted by atomic mass is 9.80. The van der Waals surface area contributed by atoms with Crippen molar-refractivity contribution in [3.63, 3.8) is 0 Å². The number of carbonyl (C=O) groups is 1. The van der Waals surface area contributed by atoms with Crippen LogP contribution in [0.25, 0.3) is 0 Å². The van der Waals surface area contributed by atoms with E-state index in [-0.39, 0.29) is 35.2 Å². The summed E-state index contributed by atoms with van der Waals surface area (Å²) in [6.07, 6.45) is -4.34. The molecular weight excluding hydrogens is 439 g/mol. The van der Waals surface area contributed by atoms with Gasteiger partial charge in [-0.1, -0.05) is 6.07 Å². The summed E-state index contributed by atoms with van der Waals surface area (Å²) in [5.74, 6) is -3.93. The van der Waals surface area contributed by atoms with E-state index in [0.29, 0.717) is 18.2 Å². The maximum absolute atomic E-state index is 13.9. The van der Waals surface area contributed by atoms with E-state index in [0.717, 1.165) is 21.7 Å². The van der Waals surface area contributed by atoms with Crippen molar-refractivity contribution >= 4 is 23.1 Å². The van der Waals surface area contributed by atoms with Gasteiger partial charge in [-0.05, 0) is 35.6 Å². The van der Waals surface area contributed by atoms with E-state index in [4.69, 9.17) is 0 Å². The highest BCUT2D eigenvalue weighted by atomic mass is 32.1. The van der Waals surface area contributed by atoms with Crippen molar-refractivity contribution in [1.29, 1.82) is 0 Å². The molecule has 2 aromatic heterocycles. The number of benzene rings is 1. The first kappa shape index (κ1) is 19.9. The summed E-state index contributed by atoms with van der Waals surface area (Å²) in [4.78, 5) is 17.6. The fourth-order valence-electron chi connectivity index (χ4n) is 4.10. The van der Waals surface area contributed by atoms with Crippen LogP contribution in [-0.4, -0.2) is 20.5 Å². The highest BCUT2D eigenvalue weighted by Gasteiger charge is 2.43. The fourth-order valence-corrected chi connectivity index (χ4v) is 4.93. The van der Waals surface area contributed by atoms with Crippen LogP contribution in [-0.2, 0) is 11.0 Å². The molecule has 0 saturated carbocycles. The van der Waals surface area contributed by atoms with Crippen LogP contribution in [0, 0.1) is 11.6 Å². The van der Waals surface area contributed by atoms with Gasteiger partial charge in [-0.25, -0.2) is 13.5 Å². The molecule has 5 rings (SSSR count). The minimum Gasteiger partial charge on any atom is -0.328 e. The number of nitrogens with one attached hydrogen (secondary N) is 1. The lowest BCUT2D eigenvalue weighted by Crippen LogP contribution is -2.33. The number of allylic oxidation sites excluding steroid dienone is 2. The number of alkyl halides is 3. The molecule has 3 aromatic rings. The molecule has 1 aliphatic carbocycles. The molecule has 11 heteroatoms. The molecule has 0 radical (unpaired) electrons. The van der Waals surface area contributed by atoms with Gasteiger partial charge in [0.1, 0.15) is 17.7 Å². The summed E-state index contributed by atoms with van der Waals surface area (Å²) in [6, 6.07) is 5.14. The average Bonchev–Trinajstić information content (AvgIpc) is 3.34. The molecule has 3 heterocycles. The summed E-state index contributed by atoms with van der Waals surface area (Å²) in [5.41, 5.74) is 0.510. The van der Waals surface area contributed by atoms with Crippen LogP contribution in [0.3, 0.4) is 0 Å². The molecule has 5 nitrogen and oxygen atoms in total. The Kier molecular flexibility index (Phi) is 4.47. The Morgan fingerprint density at radius 1 is 1.13 bits per heavy atom. The van der Waals surface area contributed by atoms with Gasteiger partial charge in [-0.15, -0.1) is 16.4 Å². The summed E-state index contributed by atoms with van der Waals surface area (Å²) < 4.78 is 68.5. The zero-order valence-corrected chi connectivity index (χ0v) is 16.4. The first-order valence-electron chi connectivity index (χ1n) is 9.27. The third-order valence-corrected chi connectivity index (χ3v) is 6.35. The summed E-state index contributed by atoms with van der Waals surface area (Å²) >= 11 is 1.48. The average molecular weight is 452 g/mol. The Hall–Kier alpha value is -3.08. The molecule has 1 N–H and O–H groups in total. The molecule has 0 fully saturated rings. The molecule has 1 aliphatic heterocycles. The number of ketones is 1. The molecule has 2 aliphatic rings. The van der Waals surface area contributed by atoms with Crippen LogP contribution >= 0.6 is 11.3 Å². The predicted molar refractivity (Wildman–Crippen MR) is 101 cm³/mol. The highest BCUT2D eigenvalue weighted by molar-refractivity contribution is 7.10. The maximum Gasteiger partial charge on any atom is 0.453 e. The molecule has 1 aromatic carbocycles. The second kappa shape index (κ2) is 6.98. The van der Waals surface area contributed by atoms with E-state index < -0.39 is 29.7 Å². The van der Waals surface area contributed by atoms with Crippen LogP contribution in [0.1, 0.15) is 41.1 Å². The number of nitrogens with zero attached hydrogens (tertiary/aromatic N) is 3. The van der Waals surface area contributed by atoms with Crippen molar-refractivity contribution in [3.8, 4) is 0 Å². The SMILES string of the molecule is O=C1C[C@@H](c2cccs2)CC2=C1[C@H](c1cc(F)cc(F)c1)n1nc(C(F)(F)F)nc1N2. The van der Waals surface area contributed by atoms with Crippen LogP contribution in [0.4, 0.5) is 27.9 Å². The number of aromatic nitrogens is 3. The van der Waals surface area contributed by atoms with Crippen molar-refractivity contribution in [2.24, 2.45) is 0 Å². The van der Waals surface area contributed by atoms with E-state index in [1.807, 2.05) is 17.5 Å². The van der Waals surface area contributed by atoms with Crippen LogP contribution in [0.2, 0.25) is 0 Å². The third-order valence-electron chi connectivity index (χ3n) is 5.32. The number of thiophene rings is 1. The lowest BCUT2D eigenvalue weighted by Gasteiger charge is -2.34. The number of hydrogen-bond donors (Lipinski definition) is 1. The van der Waals surface area contributed by atoms with Crippen molar-refractivity contribution in [2.75, 3.05) is 5.32 Å². The third kappa shape index (κ3) is 3.42. The first-order valence-corrected chi connectivity index (χ1v) is 10.1. The summed E-state index contributed by atoms with van der Waals surface area (Å²) in [7, 11) is 0. The molecular formula is C20H13F5N4OS. The fraction of sp³-hybridized carbons (Fsp3) is 0.250. The Balaban J connectivity index is 1.67. The van der Waals surface area contributed by atoms with Gasteiger partial charge in [0, 0.05) is 34.6 Å². The number of anilines is 1. The number of Topliss-reactive ketones (excluding diaryl/α,β-unsaturated/α-hetero) is 1. The largest absolute Gasteiger partial charge is 0.453 e. The van der Waals surface area contributed by atoms with E-state index in [2.05, 4.69) is 15.4 Å². The zero-order valence-electron chi connectivity index (χ0n) is 15.6. The molecule has 0 amide bonds. The minimum absolute atomic E-state index is 0.0192.